The molecule has 8 heteroatoms. The van der Waals surface area contributed by atoms with Gasteiger partial charge < -0.3 is 20.5 Å². The van der Waals surface area contributed by atoms with Crippen molar-refractivity contribution in [1.82, 2.24) is 14.9 Å². The highest BCUT2D eigenvalue weighted by atomic mass is 16.5. The summed E-state index contributed by atoms with van der Waals surface area (Å²) in [7, 11) is 0. The summed E-state index contributed by atoms with van der Waals surface area (Å²) in [4.78, 5) is 27.0. The van der Waals surface area contributed by atoms with Crippen LogP contribution in [0.5, 0.6) is 0 Å². The van der Waals surface area contributed by atoms with Crippen LogP contribution in [0.1, 0.15) is 79.8 Å². The third-order valence-electron chi connectivity index (χ3n) is 9.38. The molecule has 7 rings (SSSR count). The summed E-state index contributed by atoms with van der Waals surface area (Å²) in [6, 6.07) is 0.355. The van der Waals surface area contributed by atoms with Crippen LogP contribution in [-0.4, -0.2) is 76.9 Å². The van der Waals surface area contributed by atoms with Crippen LogP contribution in [0.15, 0.2) is 6.20 Å². The zero-order chi connectivity index (χ0) is 23.3. The van der Waals surface area contributed by atoms with Gasteiger partial charge in [-0.05, 0) is 62.7 Å². The van der Waals surface area contributed by atoms with Crippen LogP contribution in [0.4, 0.5) is 5.95 Å². The van der Waals surface area contributed by atoms with Crippen molar-refractivity contribution in [3.63, 3.8) is 0 Å². The Hall–Kier alpha value is -1.77. The minimum atomic E-state index is -0.464. The first-order valence-corrected chi connectivity index (χ1v) is 13.4. The Kier molecular flexibility index (Phi) is 6.02. The molecule has 0 aromatic carbocycles. The number of aliphatic hydroxyl groups is 1. The van der Waals surface area contributed by atoms with Gasteiger partial charge in [0.05, 0.1) is 30.1 Å². The maximum absolute atomic E-state index is 12.2. The minimum Gasteiger partial charge on any atom is -0.390 e. The number of nitrogens with zero attached hydrogens (tertiary/aromatic N) is 4. The van der Waals surface area contributed by atoms with E-state index in [1.807, 2.05) is 0 Å². The molecule has 8 nitrogen and oxygen atoms in total. The van der Waals surface area contributed by atoms with E-state index in [2.05, 4.69) is 9.80 Å². The first kappa shape index (κ1) is 22.7. The highest BCUT2D eigenvalue weighted by molar-refractivity contribution is 5.93. The summed E-state index contributed by atoms with van der Waals surface area (Å²) >= 11 is 0. The predicted octanol–water partition coefficient (Wildman–Crippen LogP) is 2.31. The van der Waals surface area contributed by atoms with Gasteiger partial charge in [-0.1, -0.05) is 12.8 Å². The van der Waals surface area contributed by atoms with Crippen molar-refractivity contribution in [3.8, 4) is 0 Å². The topological polar surface area (TPSA) is 105 Å². The van der Waals surface area contributed by atoms with Gasteiger partial charge in [-0.25, -0.2) is 9.97 Å². The second-order valence-electron chi connectivity index (χ2n) is 11.6. The van der Waals surface area contributed by atoms with Gasteiger partial charge in [-0.3, -0.25) is 9.69 Å². The van der Waals surface area contributed by atoms with Gasteiger partial charge in [-0.2, -0.15) is 0 Å². The number of rotatable bonds is 7. The number of anilines is 1. The molecular weight excluding hydrogens is 430 g/mol. The quantitative estimate of drug-likeness (QED) is 0.631. The first-order chi connectivity index (χ1) is 16.5. The molecule has 1 aromatic rings. The largest absolute Gasteiger partial charge is 0.390 e. The summed E-state index contributed by atoms with van der Waals surface area (Å²) in [6.07, 6.45) is 11.3. The lowest BCUT2D eigenvalue weighted by molar-refractivity contribution is -0.134. The second-order valence-corrected chi connectivity index (χ2v) is 11.6. The molecule has 2 heterocycles. The number of hydrogen-bond acceptors (Lipinski definition) is 7. The fraction of sp³-hybridized carbons (Fsp3) is 0.808. The molecule has 34 heavy (non-hydrogen) atoms. The molecule has 3 N–H and O–H groups in total. The van der Waals surface area contributed by atoms with Gasteiger partial charge in [0.1, 0.15) is 0 Å². The molecule has 4 bridgehead atoms. The van der Waals surface area contributed by atoms with Gasteiger partial charge >= 0.3 is 0 Å². The van der Waals surface area contributed by atoms with Crippen LogP contribution in [0, 0.1) is 17.8 Å². The van der Waals surface area contributed by atoms with E-state index < -0.39 is 11.5 Å². The Bertz CT molecular complexity index is 898. The number of primary amides is 1. The Labute approximate surface area is 202 Å². The molecule has 2 atom stereocenters. The van der Waals surface area contributed by atoms with Crippen LogP contribution in [0.2, 0.25) is 0 Å². The third-order valence-corrected chi connectivity index (χ3v) is 9.38. The van der Waals surface area contributed by atoms with Crippen LogP contribution in [-0.2, 0) is 4.74 Å². The highest BCUT2D eigenvalue weighted by Gasteiger charge is 2.56. The lowest BCUT2D eigenvalue weighted by Gasteiger charge is -2.60. The van der Waals surface area contributed by atoms with E-state index in [0.29, 0.717) is 35.3 Å². The highest BCUT2D eigenvalue weighted by Crippen LogP contribution is 2.57. The van der Waals surface area contributed by atoms with Crippen molar-refractivity contribution < 1.29 is 14.6 Å². The Morgan fingerprint density at radius 3 is 2.53 bits per heavy atom. The van der Waals surface area contributed by atoms with E-state index >= 15 is 0 Å². The van der Waals surface area contributed by atoms with Crippen molar-refractivity contribution in [2.24, 2.45) is 23.5 Å². The molecule has 5 aliphatic carbocycles. The van der Waals surface area contributed by atoms with Crippen LogP contribution in [0.25, 0.3) is 0 Å². The van der Waals surface area contributed by atoms with Gasteiger partial charge in [0.15, 0.2) is 0 Å². The standard InChI is InChI=1S/C26H39N5O3/c27-24(32)21-16-28-25(29-22(21)18-3-1-2-4-18)31(6-5-30-7-9-34-10-8-30)23-19-11-17-12-20(23)15-26(33,13-17)14-19/h16-20,23,33H,1-15H2,(H2,27,32). The number of nitrogens with two attached hydrogens (primary N) is 1. The number of aromatic nitrogens is 2. The van der Waals surface area contributed by atoms with Gasteiger partial charge in [-0.15, -0.1) is 0 Å². The fourth-order valence-electron chi connectivity index (χ4n) is 8.14. The van der Waals surface area contributed by atoms with E-state index in [-0.39, 0.29) is 0 Å². The van der Waals surface area contributed by atoms with E-state index in [1.54, 1.807) is 6.20 Å². The molecule has 5 saturated carbocycles. The Balaban J connectivity index is 1.33. The normalized spacial score (nSPS) is 35.7. The zero-order valence-corrected chi connectivity index (χ0v) is 20.2. The lowest BCUT2D eigenvalue weighted by Crippen LogP contribution is -2.62. The summed E-state index contributed by atoms with van der Waals surface area (Å²) in [6.45, 7) is 5.31. The van der Waals surface area contributed by atoms with Crippen molar-refractivity contribution in [1.29, 1.82) is 0 Å². The molecule has 6 fully saturated rings. The smallest absolute Gasteiger partial charge is 0.252 e. The van der Waals surface area contributed by atoms with E-state index in [4.69, 9.17) is 20.4 Å². The van der Waals surface area contributed by atoms with E-state index in [0.717, 1.165) is 83.1 Å². The van der Waals surface area contributed by atoms with Crippen LogP contribution in [0.3, 0.4) is 0 Å². The van der Waals surface area contributed by atoms with Crippen molar-refractivity contribution in [2.45, 2.75) is 75.3 Å². The summed E-state index contributed by atoms with van der Waals surface area (Å²) in [5, 5.41) is 11.2. The molecule has 0 spiro atoms. The van der Waals surface area contributed by atoms with Crippen molar-refractivity contribution in [2.75, 3.05) is 44.3 Å². The third kappa shape index (κ3) is 4.22. The first-order valence-electron chi connectivity index (χ1n) is 13.4. The molecule has 6 aliphatic rings. The lowest BCUT2D eigenvalue weighted by atomic mass is 9.52. The maximum Gasteiger partial charge on any atom is 0.252 e. The van der Waals surface area contributed by atoms with Crippen LogP contribution < -0.4 is 10.6 Å². The molecule has 1 amide bonds. The number of carbonyl (C=O) groups is 1. The summed E-state index contributed by atoms with van der Waals surface area (Å²) < 4.78 is 5.55. The second kappa shape index (κ2) is 9.03. The molecule has 1 aliphatic heterocycles. The van der Waals surface area contributed by atoms with E-state index in [9.17, 15) is 9.90 Å². The number of amides is 1. The van der Waals surface area contributed by atoms with Gasteiger partial charge in [0, 0.05) is 44.3 Å². The fourth-order valence-corrected chi connectivity index (χ4v) is 8.14. The number of hydrogen-bond donors (Lipinski definition) is 2. The minimum absolute atomic E-state index is 0.296. The molecule has 1 aromatic heterocycles. The van der Waals surface area contributed by atoms with Crippen LogP contribution >= 0.6 is 0 Å². The molecule has 186 valence electrons. The Morgan fingerprint density at radius 1 is 1.18 bits per heavy atom. The molecule has 0 radical (unpaired) electrons. The Morgan fingerprint density at radius 2 is 1.88 bits per heavy atom. The zero-order valence-electron chi connectivity index (χ0n) is 20.2. The van der Waals surface area contributed by atoms with E-state index in [1.165, 1.54) is 25.7 Å². The number of ether oxygens (including phenoxy) is 1. The average molecular weight is 470 g/mol. The van der Waals surface area contributed by atoms with Gasteiger partial charge in [0.2, 0.25) is 5.95 Å². The average Bonchev–Trinajstić information content (AvgIpc) is 3.35. The van der Waals surface area contributed by atoms with Gasteiger partial charge in [0.25, 0.3) is 5.91 Å². The SMILES string of the molecule is NC(=O)c1cnc(N(CCN2CCOCC2)C2C3CC4CC2CC(O)(C4)C3)nc1C1CCCC1. The van der Waals surface area contributed by atoms with Crippen molar-refractivity contribution in [3.05, 3.63) is 17.5 Å². The number of carbonyl (C=O) groups excluding carboxylic acids is 1. The van der Waals surface area contributed by atoms with Crippen molar-refractivity contribution >= 4 is 11.9 Å². The molecule has 2 unspecified atom stereocenters. The summed E-state index contributed by atoms with van der Waals surface area (Å²) in [5.41, 5.74) is 6.62. The molecule has 1 saturated heterocycles. The maximum atomic E-state index is 12.2. The molecular formula is C26H39N5O3. The number of morpholine rings is 1. The monoisotopic (exact) mass is 469 g/mol. The summed E-state index contributed by atoms with van der Waals surface area (Å²) in [5.74, 6) is 2.25. The predicted molar refractivity (Wildman–Crippen MR) is 129 cm³/mol.